The van der Waals surface area contributed by atoms with Gasteiger partial charge in [0.1, 0.15) is 5.75 Å². The van der Waals surface area contributed by atoms with Gasteiger partial charge in [0.05, 0.1) is 0 Å². The highest BCUT2D eigenvalue weighted by atomic mass is 16.5. The molecular formula is C20H25NO3. The molecule has 0 spiro atoms. The lowest BCUT2D eigenvalue weighted by Gasteiger charge is -2.34. The summed E-state index contributed by atoms with van der Waals surface area (Å²) in [4.78, 5) is 14.2. The number of carbonyl (C=O) groups excluding carboxylic acids is 1. The molecule has 4 heteroatoms. The monoisotopic (exact) mass is 327 g/mol. The van der Waals surface area contributed by atoms with Crippen molar-refractivity contribution in [2.24, 2.45) is 5.92 Å². The van der Waals surface area contributed by atoms with Gasteiger partial charge in [-0.1, -0.05) is 30.3 Å². The molecular weight excluding hydrogens is 302 g/mol. The Morgan fingerprint density at radius 3 is 2.54 bits per heavy atom. The van der Waals surface area contributed by atoms with Gasteiger partial charge in [-0.2, -0.15) is 0 Å². The third-order valence-electron chi connectivity index (χ3n) is 5.10. The molecule has 3 rings (SSSR count). The molecule has 0 bridgehead atoms. The van der Waals surface area contributed by atoms with Crippen molar-refractivity contribution in [2.45, 2.75) is 31.7 Å². The Hall–Kier alpha value is -2.07. The van der Waals surface area contributed by atoms with Crippen molar-refractivity contribution in [3.05, 3.63) is 42.5 Å². The molecule has 4 nitrogen and oxygen atoms in total. The lowest BCUT2D eigenvalue weighted by Crippen LogP contribution is -2.42. The third-order valence-corrected chi connectivity index (χ3v) is 5.10. The smallest absolute Gasteiger partial charge is 0.260 e. The first kappa shape index (κ1) is 16.8. The summed E-state index contributed by atoms with van der Waals surface area (Å²) in [7, 11) is 1.86. The molecule has 1 N–H and O–H groups in total. The van der Waals surface area contributed by atoms with E-state index in [1.54, 1.807) is 0 Å². The first-order chi connectivity index (χ1) is 11.7. The molecule has 1 amide bonds. The summed E-state index contributed by atoms with van der Waals surface area (Å²) in [5.41, 5.74) is 0. The quantitative estimate of drug-likeness (QED) is 0.917. The van der Waals surface area contributed by atoms with Crippen LogP contribution >= 0.6 is 0 Å². The minimum absolute atomic E-state index is 0.00982. The summed E-state index contributed by atoms with van der Waals surface area (Å²) >= 11 is 0. The Kier molecular flexibility index (Phi) is 5.36. The lowest BCUT2D eigenvalue weighted by molar-refractivity contribution is -0.134. The molecule has 1 aliphatic rings. The second-order valence-corrected chi connectivity index (χ2v) is 6.66. The van der Waals surface area contributed by atoms with E-state index in [1.165, 1.54) is 0 Å². The predicted molar refractivity (Wildman–Crippen MR) is 95.0 cm³/mol. The van der Waals surface area contributed by atoms with Gasteiger partial charge in [-0.15, -0.1) is 0 Å². The molecule has 1 saturated carbocycles. The van der Waals surface area contributed by atoms with Gasteiger partial charge in [-0.3, -0.25) is 4.79 Å². The van der Waals surface area contributed by atoms with Crippen LogP contribution in [-0.2, 0) is 4.79 Å². The Labute approximate surface area is 143 Å². The molecule has 0 atom stereocenters. The Morgan fingerprint density at radius 2 is 1.83 bits per heavy atom. The third kappa shape index (κ3) is 3.88. The Balaban J connectivity index is 1.54. The minimum Gasteiger partial charge on any atom is -0.484 e. The van der Waals surface area contributed by atoms with E-state index >= 15 is 0 Å². The number of fused-ring (bicyclic) bond motifs is 1. The van der Waals surface area contributed by atoms with Crippen LogP contribution in [0.15, 0.2) is 42.5 Å². The molecule has 2 aromatic carbocycles. The number of benzene rings is 2. The van der Waals surface area contributed by atoms with Crippen LogP contribution in [0.1, 0.15) is 25.7 Å². The molecule has 128 valence electrons. The standard InChI is InChI=1S/C20H25NO3/c1-21(18-9-6-15(13-22)7-10-18)20(23)14-24-19-11-8-16-4-2-3-5-17(16)12-19/h2-5,8,11-12,15,18,22H,6-7,9-10,13-14H2,1H3. The summed E-state index contributed by atoms with van der Waals surface area (Å²) < 4.78 is 5.70. The molecule has 0 aromatic heterocycles. The summed E-state index contributed by atoms with van der Waals surface area (Å²) in [6, 6.07) is 14.2. The van der Waals surface area contributed by atoms with Gasteiger partial charge in [0.25, 0.3) is 5.91 Å². The van der Waals surface area contributed by atoms with E-state index in [9.17, 15) is 9.90 Å². The van der Waals surface area contributed by atoms with Crippen LogP contribution in [0.4, 0.5) is 0 Å². The van der Waals surface area contributed by atoms with Gasteiger partial charge >= 0.3 is 0 Å². The number of nitrogens with zero attached hydrogens (tertiary/aromatic N) is 1. The number of rotatable bonds is 5. The molecule has 1 aliphatic carbocycles. The highest BCUT2D eigenvalue weighted by Crippen LogP contribution is 2.27. The average Bonchev–Trinajstić information content (AvgIpc) is 2.65. The molecule has 0 saturated heterocycles. The van der Waals surface area contributed by atoms with Crippen molar-refractivity contribution in [3.63, 3.8) is 0 Å². The maximum atomic E-state index is 12.4. The fourth-order valence-electron chi connectivity index (χ4n) is 3.42. The molecule has 1 fully saturated rings. The lowest BCUT2D eigenvalue weighted by atomic mass is 9.86. The van der Waals surface area contributed by atoms with Crippen molar-refractivity contribution in [1.82, 2.24) is 4.90 Å². The van der Waals surface area contributed by atoms with Gasteiger partial charge in [0, 0.05) is 19.7 Å². The van der Waals surface area contributed by atoms with Gasteiger partial charge in [-0.25, -0.2) is 0 Å². The summed E-state index contributed by atoms with van der Waals surface area (Å²) in [5.74, 6) is 1.13. The van der Waals surface area contributed by atoms with Crippen molar-refractivity contribution in [2.75, 3.05) is 20.3 Å². The number of aliphatic hydroxyl groups is 1. The second-order valence-electron chi connectivity index (χ2n) is 6.66. The molecule has 0 unspecified atom stereocenters. The van der Waals surface area contributed by atoms with Crippen LogP contribution in [0.3, 0.4) is 0 Å². The number of likely N-dealkylation sites (N-methyl/N-ethyl adjacent to an activating group) is 1. The van der Waals surface area contributed by atoms with E-state index in [-0.39, 0.29) is 25.2 Å². The molecule has 0 heterocycles. The highest BCUT2D eigenvalue weighted by Gasteiger charge is 2.26. The van der Waals surface area contributed by atoms with Gasteiger partial charge in [0.15, 0.2) is 6.61 Å². The van der Waals surface area contributed by atoms with Crippen LogP contribution in [0.25, 0.3) is 10.8 Å². The van der Waals surface area contributed by atoms with Crippen LogP contribution in [0.5, 0.6) is 5.75 Å². The van der Waals surface area contributed by atoms with Crippen molar-refractivity contribution in [3.8, 4) is 5.75 Å². The van der Waals surface area contributed by atoms with Crippen LogP contribution in [-0.4, -0.2) is 42.2 Å². The van der Waals surface area contributed by atoms with Crippen LogP contribution < -0.4 is 4.74 Å². The minimum atomic E-state index is 0.00982. The normalized spacial score (nSPS) is 20.8. The topological polar surface area (TPSA) is 49.8 Å². The second kappa shape index (κ2) is 7.67. The van der Waals surface area contributed by atoms with E-state index < -0.39 is 0 Å². The first-order valence-corrected chi connectivity index (χ1v) is 8.65. The number of hydrogen-bond donors (Lipinski definition) is 1. The number of aliphatic hydroxyl groups excluding tert-OH is 1. The highest BCUT2D eigenvalue weighted by molar-refractivity contribution is 5.84. The predicted octanol–water partition coefficient (Wildman–Crippen LogP) is 3.23. The Bertz CT molecular complexity index is 692. The maximum Gasteiger partial charge on any atom is 0.260 e. The zero-order valence-corrected chi connectivity index (χ0v) is 14.1. The number of hydrogen-bond acceptors (Lipinski definition) is 3. The Morgan fingerprint density at radius 1 is 1.12 bits per heavy atom. The average molecular weight is 327 g/mol. The fraction of sp³-hybridized carbons (Fsp3) is 0.450. The first-order valence-electron chi connectivity index (χ1n) is 8.65. The fourth-order valence-corrected chi connectivity index (χ4v) is 3.42. The number of amides is 1. The van der Waals surface area contributed by atoms with Crippen LogP contribution in [0.2, 0.25) is 0 Å². The largest absolute Gasteiger partial charge is 0.484 e. The molecule has 2 aromatic rings. The molecule has 0 aliphatic heterocycles. The van der Waals surface area contributed by atoms with Gasteiger partial charge in [0.2, 0.25) is 0 Å². The van der Waals surface area contributed by atoms with Crippen molar-refractivity contribution < 1.29 is 14.6 Å². The zero-order valence-electron chi connectivity index (χ0n) is 14.1. The summed E-state index contributed by atoms with van der Waals surface area (Å²) in [5, 5.41) is 11.5. The number of carbonyl (C=O) groups is 1. The van der Waals surface area contributed by atoms with Gasteiger partial charge in [-0.05, 0) is 54.5 Å². The number of ether oxygens (including phenoxy) is 1. The van der Waals surface area contributed by atoms with E-state index in [4.69, 9.17) is 4.74 Å². The molecule has 24 heavy (non-hydrogen) atoms. The van der Waals surface area contributed by atoms with E-state index in [1.807, 2.05) is 48.3 Å². The van der Waals surface area contributed by atoms with E-state index in [0.717, 1.165) is 42.2 Å². The summed E-state index contributed by atoms with van der Waals surface area (Å²) in [6.45, 7) is 0.324. The van der Waals surface area contributed by atoms with Gasteiger partial charge < -0.3 is 14.7 Å². The van der Waals surface area contributed by atoms with Crippen molar-refractivity contribution in [1.29, 1.82) is 0 Å². The molecule has 0 radical (unpaired) electrons. The SMILES string of the molecule is CN(C(=O)COc1ccc2ccccc2c1)C1CCC(CO)CC1. The van der Waals surface area contributed by atoms with Crippen LogP contribution in [0, 0.1) is 5.92 Å². The van der Waals surface area contributed by atoms with Crippen molar-refractivity contribution >= 4 is 16.7 Å². The van der Waals surface area contributed by atoms with E-state index in [2.05, 4.69) is 6.07 Å². The van der Waals surface area contributed by atoms with E-state index in [0.29, 0.717) is 5.92 Å². The summed E-state index contributed by atoms with van der Waals surface area (Å²) in [6.07, 6.45) is 3.90. The maximum absolute atomic E-state index is 12.4. The zero-order chi connectivity index (χ0) is 16.9.